The summed E-state index contributed by atoms with van der Waals surface area (Å²) in [4.78, 5) is 0. The Kier molecular flexibility index (Phi) is 6.67. The van der Waals surface area contributed by atoms with Crippen LogP contribution in [0, 0.1) is 0 Å². The predicted octanol–water partition coefficient (Wildman–Crippen LogP) is 0.148. The lowest BCUT2D eigenvalue weighted by Gasteiger charge is -1.95. The second-order valence-corrected chi connectivity index (χ2v) is 2.66. The molecule has 0 aromatic rings. The number of nitrogens with two attached hydrogens (primary N) is 1. The van der Waals surface area contributed by atoms with Gasteiger partial charge in [-0.3, -0.25) is 5.09 Å². The molecule has 0 heterocycles. The third-order valence-electron chi connectivity index (χ3n) is 0.571. The summed E-state index contributed by atoms with van der Waals surface area (Å²) in [6.45, 7) is 3.88. The van der Waals surface area contributed by atoms with E-state index in [1.165, 1.54) is 6.16 Å². The largest absolute Gasteiger partial charge is 0.329 e. The molecule has 2 nitrogen and oxygen atoms in total. The number of hydrogen-bond donors (Lipinski definition) is 2. The van der Waals surface area contributed by atoms with Crippen molar-refractivity contribution in [3.05, 3.63) is 0 Å². The van der Waals surface area contributed by atoms with Crippen LogP contribution in [0.1, 0.15) is 6.92 Å². The number of nitrogens with one attached hydrogen (secondary N) is 1. The van der Waals surface area contributed by atoms with Gasteiger partial charge in [0.2, 0.25) is 0 Å². The monoisotopic (exact) mass is 120 g/mol. The maximum atomic E-state index is 5.21. The van der Waals surface area contributed by atoms with Gasteiger partial charge in [0.25, 0.3) is 0 Å². The second-order valence-electron chi connectivity index (χ2n) is 1.25. The fourth-order valence-corrected chi connectivity index (χ4v) is 0.857. The van der Waals surface area contributed by atoms with E-state index in [1.807, 2.05) is 0 Å². The summed E-state index contributed by atoms with van der Waals surface area (Å²) in [6.07, 6.45) is 1.22. The van der Waals surface area contributed by atoms with E-state index in [0.29, 0.717) is 0 Å². The van der Waals surface area contributed by atoms with Crippen molar-refractivity contribution in [2.24, 2.45) is 5.73 Å². The molecule has 0 aliphatic rings. The highest BCUT2D eigenvalue weighted by Gasteiger charge is 1.76. The van der Waals surface area contributed by atoms with Crippen LogP contribution < -0.4 is 10.8 Å². The Morgan fingerprint density at radius 1 is 1.71 bits per heavy atom. The molecular weight excluding hydrogens is 107 g/mol. The minimum absolute atomic E-state index is 0.757. The van der Waals surface area contributed by atoms with E-state index in [-0.39, 0.29) is 0 Å². The zero-order chi connectivity index (χ0) is 5.54. The third-order valence-corrected chi connectivity index (χ3v) is 1.42. The first-order valence-electron chi connectivity index (χ1n) is 2.57. The number of hydrogen-bond acceptors (Lipinski definition) is 2. The summed E-state index contributed by atoms with van der Waals surface area (Å²) < 4.78 is 0. The molecule has 0 aromatic carbocycles. The van der Waals surface area contributed by atoms with Crippen molar-refractivity contribution in [3.63, 3.8) is 0 Å². The average molecular weight is 120 g/mol. The van der Waals surface area contributed by atoms with Gasteiger partial charge in [-0.05, 0) is 6.16 Å². The van der Waals surface area contributed by atoms with Gasteiger partial charge in [0, 0.05) is 13.1 Å². The SMILES string of the molecule is CCPNCCN. The van der Waals surface area contributed by atoms with Crippen LogP contribution in [0.5, 0.6) is 0 Å². The van der Waals surface area contributed by atoms with Crippen LogP contribution in [0.3, 0.4) is 0 Å². The van der Waals surface area contributed by atoms with Crippen LogP contribution in [-0.2, 0) is 0 Å². The molecular formula is C4H13N2P. The van der Waals surface area contributed by atoms with Crippen molar-refractivity contribution in [2.45, 2.75) is 6.92 Å². The quantitative estimate of drug-likeness (QED) is 0.409. The van der Waals surface area contributed by atoms with Crippen molar-refractivity contribution in [1.82, 2.24) is 5.09 Å². The van der Waals surface area contributed by atoms with Gasteiger partial charge < -0.3 is 5.73 Å². The first-order chi connectivity index (χ1) is 3.41. The molecule has 0 saturated carbocycles. The van der Waals surface area contributed by atoms with Gasteiger partial charge in [-0.15, -0.1) is 0 Å². The Morgan fingerprint density at radius 2 is 2.43 bits per heavy atom. The molecule has 3 heteroatoms. The summed E-state index contributed by atoms with van der Waals surface area (Å²) in [6, 6.07) is 0. The first-order valence-corrected chi connectivity index (χ1v) is 3.78. The topological polar surface area (TPSA) is 38.0 Å². The molecule has 0 saturated heterocycles. The Morgan fingerprint density at radius 3 is 2.86 bits per heavy atom. The third kappa shape index (κ3) is 6.35. The van der Waals surface area contributed by atoms with Gasteiger partial charge >= 0.3 is 0 Å². The van der Waals surface area contributed by atoms with E-state index in [4.69, 9.17) is 5.73 Å². The molecule has 0 fully saturated rings. The summed E-state index contributed by atoms with van der Waals surface area (Å²) in [7, 11) is 0.892. The Bertz CT molecular complexity index is 28.9. The van der Waals surface area contributed by atoms with E-state index < -0.39 is 0 Å². The Balaban J connectivity index is 2.45. The van der Waals surface area contributed by atoms with Gasteiger partial charge in [-0.1, -0.05) is 15.7 Å². The molecule has 7 heavy (non-hydrogen) atoms. The molecule has 0 aliphatic carbocycles. The Labute approximate surface area is 46.7 Å². The van der Waals surface area contributed by atoms with Crippen LogP contribution in [0.25, 0.3) is 0 Å². The van der Waals surface area contributed by atoms with Gasteiger partial charge in [0.1, 0.15) is 0 Å². The molecule has 0 radical (unpaired) electrons. The van der Waals surface area contributed by atoms with Gasteiger partial charge in [-0.2, -0.15) is 0 Å². The summed E-state index contributed by atoms with van der Waals surface area (Å²) in [5.41, 5.74) is 5.21. The molecule has 0 aromatic heterocycles. The van der Waals surface area contributed by atoms with Gasteiger partial charge in [0.15, 0.2) is 0 Å². The van der Waals surface area contributed by atoms with E-state index in [1.54, 1.807) is 0 Å². The van der Waals surface area contributed by atoms with Crippen LogP contribution in [0.4, 0.5) is 0 Å². The highest BCUT2D eigenvalue weighted by atomic mass is 31.1. The summed E-state index contributed by atoms with van der Waals surface area (Å²) in [5.74, 6) is 0. The van der Waals surface area contributed by atoms with Crippen molar-refractivity contribution in [1.29, 1.82) is 0 Å². The molecule has 0 amide bonds. The van der Waals surface area contributed by atoms with Gasteiger partial charge in [-0.25, -0.2) is 0 Å². The molecule has 0 spiro atoms. The fraction of sp³-hybridized carbons (Fsp3) is 1.00. The Hall–Kier alpha value is 0.350. The fourth-order valence-electron chi connectivity index (χ4n) is 0.286. The maximum Gasteiger partial charge on any atom is 0.0111 e. The van der Waals surface area contributed by atoms with E-state index in [2.05, 4.69) is 12.0 Å². The number of rotatable bonds is 4. The minimum Gasteiger partial charge on any atom is -0.329 e. The van der Waals surface area contributed by atoms with Crippen molar-refractivity contribution < 1.29 is 0 Å². The van der Waals surface area contributed by atoms with Crippen LogP contribution >= 0.6 is 8.73 Å². The second kappa shape index (κ2) is 6.35. The van der Waals surface area contributed by atoms with Crippen LogP contribution in [-0.4, -0.2) is 19.3 Å². The normalized spacial score (nSPS) is 11.1. The summed E-state index contributed by atoms with van der Waals surface area (Å²) >= 11 is 0. The molecule has 44 valence electrons. The van der Waals surface area contributed by atoms with E-state index in [9.17, 15) is 0 Å². The summed E-state index contributed by atoms with van der Waals surface area (Å²) in [5, 5.41) is 3.19. The smallest absolute Gasteiger partial charge is 0.0111 e. The molecule has 0 bridgehead atoms. The highest BCUT2D eigenvalue weighted by molar-refractivity contribution is 7.35. The first kappa shape index (κ1) is 7.35. The van der Waals surface area contributed by atoms with Crippen molar-refractivity contribution >= 4 is 8.73 Å². The maximum absolute atomic E-state index is 5.21. The van der Waals surface area contributed by atoms with E-state index in [0.717, 1.165) is 21.8 Å². The molecule has 0 aliphatic heterocycles. The lowest BCUT2D eigenvalue weighted by atomic mass is 10.7. The zero-order valence-electron chi connectivity index (χ0n) is 4.70. The molecule has 0 rings (SSSR count). The molecule has 3 N–H and O–H groups in total. The predicted molar refractivity (Wildman–Crippen MR) is 35.9 cm³/mol. The highest BCUT2D eigenvalue weighted by Crippen LogP contribution is 1.97. The van der Waals surface area contributed by atoms with Gasteiger partial charge in [0.05, 0.1) is 0 Å². The van der Waals surface area contributed by atoms with Crippen LogP contribution in [0.15, 0.2) is 0 Å². The zero-order valence-corrected chi connectivity index (χ0v) is 5.70. The van der Waals surface area contributed by atoms with Crippen molar-refractivity contribution in [2.75, 3.05) is 19.3 Å². The molecule has 1 atom stereocenters. The molecule has 1 unspecified atom stereocenters. The van der Waals surface area contributed by atoms with Crippen molar-refractivity contribution in [3.8, 4) is 0 Å². The minimum atomic E-state index is 0.757. The lowest BCUT2D eigenvalue weighted by molar-refractivity contribution is 0.911. The van der Waals surface area contributed by atoms with Crippen LogP contribution in [0.2, 0.25) is 0 Å². The average Bonchev–Trinajstić information content (AvgIpc) is 1.69. The van der Waals surface area contributed by atoms with E-state index >= 15 is 0 Å². The lowest BCUT2D eigenvalue weighted by Crippen LogP contribution is -2.14. The standard InChI is InChI=1S/C4H13N2P/c1-2-7-6-4-3-5/h6-7H,2-5H2,1H3.